The number of ether oxygens (including phenoxy) is 3. The average molecular weight is 330 g/mol. The first-order valence-corrected chi connectivity index (χ1v) is 7.94. The number of nitriles is 1. The van der Waals surface area contributed by atoms with Gasteiger partial charge in [0.1, 0.15) is 11.1 Å². The van der Waals surface area contributed by atoms with Gasteiger partial charge in [-0.2, -0.15) is 5.26 Å². The van der Waals surface area contributed by atoms with E-state index in [0.717, 1.165) is 11.3 Å². The van der Waals surface area contributed by atoms with Crippen molar-refractivity contribution in [1.29, 1.82) is 5.26 Å². The molecular weight excluding hydrogens is 312 g/mol. The van der Waals surface area contributed by atoms with E-state index in [2.05, 4.69) is 11.1 Å². The Balaban J connectivity index is 2.50. The number of aromatic nitrogens is 1. The molecule has 6 heteroatoms. The van der Waals surface area contributed by atoms with Gasteiger partial charge in [-0.1, -0.05) is 0 Å². The lowest BCUT2D eigenvalue weighted by Gasteiger charge is -2.14. The van der Waals surface area contributed by atoms with Gasteiger partial charge in [0.15, 0.2) is 11.5 Å². The van der Waals surface area contributed by atoms with Gasteiger partial charge in [-0.15, -0.1) is 11.3 Å². The van der Waals surface area contributed by atoms with E-state index >= 15 is 0 Å². The second-order valence-corrected chi connectivity index (χ2v) is 5.51. The van der Waals surface area contributed by atoms with Gasteiger partial charge in [-0.05, 0) is 37.6 Å². The summed E-state index contributed by atoms with van der Waals surface area (Å²) in [5.74, 6) is 1.67. The van der Waals surface area contributed by atoms with E-state index in [-0.39, 0.29) is 0 Å². The molecule has 0 saturated heterocycles. The van der Waals surface area contributed by atoms with Gasteiger partial charge >= 0.3 is 0 Å². The van der Waals surface area contributed by atoms with Crippen LogP contribution < -0.4 is 14.2 Å². The fourth-order valence-electron chi connectivity index (χ4n) is 2.06. The number of nitrogens with zero attached hydrogens (tertiary/aromatic N) is 2. The summed E-state index contributed by atoms with van der Waals surface area (Å²) in [5, 5.41) is 12.0. The highest BCUT2D eigenvalue weighted by atomic mass is 32.1. The summed E-state index contributed by atoms with van der Waals surface area (Å²) in [4.78, 5) is 4.35. The third-order valence-electron chi connectivity index (χ3n) is 3.05. The standard InChI is InChI=1S/C17H18N2O3S/c1-5-22-16-14(20-3)7-12(8-15(16)21-4)6-13(9-18)17-19-11(2)10-23-17/h6-8,10H,5H2,1-4H3/b13-6-. The van der Waals surface area contributed by atoms with Crippen LogP contribution in [0.4, 0.5) is 0 Å². The Morgan fingerprint density at radius 3 is 2.39 bits per heavy atom. The average Bonchev–Trinajstić information content (AvgIpc) is 2.99. The topological polar surface area (TPSA) is 64.4 Å². The van der Waals surface area contributed by atoms with Crippen molar-refractivity contribution in [2.75, 3.05) is 20.8 Å². The SMILES string of the molecule is CCOc1c(OC)cc(/C=C(/C#N)c2nc(C)cs2)cc1OC. The number of hydrogen-bond donors (Lipinski definition) is 0. The Bertz CT molecular complexity index is 734. The number of allylic oxidation sites excluding steroid dienone is 1. The summed E-state index contributed by atoms with van der Waals surface area (Å²) < 4.78 is 16.3. The molecule has 0 aliphatic rings. The minimum atomic E-state index is 0.497. The third kappa shape index (κ3) is 3.82. The third-order valence-corrected chi connectivity index (χ3v) is 4.05. The van der Waals surface area contributed by atoms with Gasteiger partial charge in [0, 0.05) is 11.1 Å². The molecule has 0 spiro atoms. The first-order valence-electron chi connectivity index (χ1n) is 7.06. The maximum absolute atomic E-state index is 9.40. The number of thiazole rings is 1. The van der Waals surface area contributed by atoms with E-state index in [9.17, 15) is 5.26 Å². The second kappa shape index (κ2) is 7.65. The number of aryl methyl sites for hydroxylation is 1. The van der Waals surface area contributed by atoms with Gasteiger partial charge in [0.2, 0.25) is 5.75 Å². The smallest absolute Gasteiger partial charge is 0.203 e. The zero-order valence-electron chi connectivity index (χ0n) is 13.5. The molecule has 0 bridgehead atoms. The molecule has 0 saturated carbocycles. The van der Waals surface area contributed by atoms with E-state index in [1.54, 1.807) is 20.3 Å². The maximum Gasteiger partial charge on any atom is 0.203 e. The molecule has 0 unspecified atom stereocenters. The van der Waals surface area contributed by atoms with Gasteiger partial charge in [0.05, 0.1) is 26.4 Å². The molecule has 0 radical (unpaired) electrons. The molecule has 0 fully saturated rings. The summed E-state index contributed by atoms with van der Waals surface area (Å²) in [5.41, 5.74) is 2.18. The van der Waals surface area contributed by atoms with E-state index in [0.29, 0.717) is 34.4 Å². The molecule has 1 aromatic heterocycles. The van der Waals surface area contributed by atoms with E-state index < -0.39 is 0 Å². The van der Waals surface area contributed by atoms with Crippen LogP contribution in [0.3, 0.4) is 0 Å². The minimum Gasteiger partial charge on any atom is -0.493 e. The molecule has 23 heavy (non-hydrogen) atoms. The lowest BCUT2D eigenvalue weighted by atomic mass is 10.1. The Morgan fingerprint density at radius 1 is 1.30 bits per heavy atom. The lowest BCUT2D eigenvalue weighted by Crippen LogP contribution is -1.99. The van der Waals surface area contributed by atoms with Crippen LogP contribution in [0, 0.1) is 18.3 Å². The van der Waals surface area contributed by atoms with Crippen LogP contribution in [0.25, 0.3) is 11.6 Å². The second-order valence-electron chi connectivity index (χ2n) is 4.65. The summed E-state index contributed by atoms with van der Waals surface area (Å²) >= 11 is 1.44. The van der Waals surface area contributed by atoms with Crippen LogP contribution in [0.2, 0.25) is 0 Å². The van der Waals surface area contributed by atoms with Crippen LogP contribution in [0.5, 0.6) is 17.2 Å². The summed E-state index contributed by atoms with van der Waals surface area (Å²) in [6.45, 7) is 4.30. The molecule has 0 aliphatic heterocycles. The van der Waals surface area contributed by atoms with Crippen LogP contribution in [0.15, 0.2) is 17.5 Å². The molecule has 0 N–H and O–H groups in total. The maximum atomic E-state index is 9.40. The molecule has 2 aromatic rings. The summed E-state index contributed by atoms with van der Waals surface area (Å²) in [6, 6.07) is 5.81. The highest BCUT2D eigenvalue weighted by Crippen LogP contribution is 2.39. The van der Waals surface area contributed by atoms with Crippen LogP contribution in [-0.2, 0) is 0 Å². The van der Waals surface area contributed by atoms with Crippen molar-refractivity contribution in [3.8, 4) is 23.3 Å². The van der Waals surface area contributed by atoms with Crippen molar-refractivity contribution in [2.24, 2.45) is 0 Å². The van der Waals surface area contributed by atoms with Crippen LogP contribution in [0.1, 0.15) is 23.2 Å². The van der Waals surface area contributed by atoms with Crippen molar-refractivity contribution in [3.05, 3.63) is 33.8 Å². The van der Waals surface area contributed by atoms with Gasteiger partial charge < -0.3 is 14.2 Å². The first kappa shape index (κ1) is 16.8. The zero-order valence-corrected chi connectivity index (χ0v) is 14.4. The Kier molecular flexibility index (Phi) is 5.61. The molecule has 2 rings (SSSR count). The van der Waals surface area contributed by atoms with Crippen molar-refractivity contribution < 1.29 is 14.2 Å². The number of rotatable bonds is 6. The van der Waals surface area contributed by atoms with Crippen molar-refractivity contribution in [1.82, 2.24) is 4.98 Å². The highest BCUT2D eigenvalue weighted by molar-refractivity contribution is 7.11. The molecule has 5 nitrogen and oxygen atoms in total. The Hall–Kier alpha value is -2.52. The first-order chi connectivity index (χ1) is 11.1. The van der Waals surface area contributed by atoms with Gasteiger partial charge in [0.25, 0.3) is 0 Å². The number of methoxy groups -OCH3 is 2. The molecule has 1 aromatic carbocycles. The van der Waals surface area contributed by atoms with Crippen molar-refractivity contribution >= 4 is 23.0 Å². The fourth-order valence-corrected chi connectivity index (χ4v) is 2.82. The summed E-state index contributed by atoms with van der Waals surface area (Å²) in [7, 11) is 3.14. The Morgan fingerprint density at radius 2 is 1.96 bits per heavy atom. The van der Waals surface area contributed by atoms with E-state index in [4.69, 9.17) is 14.2 Å². The van der Waals surface area contributed by atoms with Crippen LogP contribution >= 0.6 is 11.3 Å². The number of benzene rings is 1. The van der Waals surface area contributed by atoms with Crippen molar-refractivity contribution in [2.45, 2.75) is 13.8 Å². The molecular formula is C17H18N2O3S. The molecule has 0 amide bonds. The molecule has 0 atom stereocenters. The molecule has 0 aliphatic carbocycles. The predicted octanol–water partition coefficient (Wildman–Crippen LogP) is 3.93. The van der Waals surface area contributed by atoms with Gasteiger partial charge in [-0.25, -0.2) is 4.98 Å². The fraction of sp³-hybridized carbons (Fsp3) is 0.294. The monoisotopic (exact) mass is 330 g/mol. The molecule has 120 valence electrons. The quantitative estimate of drug-likeness (QED) is 0.751. The predicted molar refractivity (Wildman–Crippen MR) is 91.1 cm³/mol. The highest BCUT2D eigenvalue weighted by Gasteiger charge is 2.14. The lowest BCUT2D eigenvalue weighted by molar-refractivity contribution is 0.288. The molecule has 1 heterocycles. The van der Waals surface area contributed by atoms with E-state index in [1.807, 2.05) is 31.4 Å². The largest absolute Gasteiger partial charge is 0.493 e. The normalized spacial score (nSPS) is 11.0. The minimum absolute atomic E-state index is 0.497. The van der Waals surface area contributed by atoms with Gasteiger partial charge in [-0.3, -0.25) is 0 Å². The van der Waals surface area contributed by atoms with Crippen LogP contribution in [-0.4, -0.2) is 25.8 Å². The zero-order chi connectivity index (χ0) is 16.8. The Labute approximate surface area is 139 Å². The van der Waals surface area contributed by atoms with E-state index in [1.165, 1.54) is 11.3 Å². The van der Waals surface area contributed by atoms with Crippen molar-refractivity contribution in [3.63, 3.8) is 0 Å². The summed E-state index contributed by atoms with van der Waals surface area (Å²) in [6.07, 6.45) is 1.76. The number of hydrogen-bond acceptors (Lipinski definition) is 6.